The maximum absolute atomic E-state index is 13.8. The van der Waals surface area contributed by atoms with Gasteiger partial charge in [-0.2, -0.15) is 0 Å². The van der Waals surface area contributed by atoms with Crippen molar-refractivity contribution in [3.63, 3.8) is 0 Å². The summed E-state index contributed by atoms with van der Waals surface area (Å²) in [7, 11) is 1.38. The molecule has 0 aliphatic rings. The molecule has 21 heavy (non-hydrogen) atoms. The van der Waals surface area contributed by atoms with Gasteiger partial charge in [0.2, 0.25) is 0 Å². The second-order valence-electron chi connectivity index (χ2n) is 5.01. The van der Waals surface area contributed by atoms with Gasteiger partial charge < -0.3 is 14.6 Å². The highest BCUT2D eigenvalue weighted by molar-refractivity contribution is 5.80. The summed E-state index contributed by atoms with van der Waals surface area (Å²) in [6, 6.07) is 4.41. The van der Waals surface area contributed by atoms with Gasteiger partial charge >= 0.3 is 5.97 Å². The number of carbonyl (C=O) groups is 1. The third kappa shape index (κ3) is 3.73. The zero-order chi connectivity index (χ0) is 16.0. The number of esters is 1. The first-order valence-electron chi connectivity index (χ1n) is 7.13. The van der Waals surface area contributed by atoms with Crippen molar-refractivity contribution in [2.45, 2.75) is 45.1 Å². The number of methoxy groups -OCH3 is 1. The molecule has 4 nitrogen and oxygen atoms in total. The van der Waals surface area contributed by atoms with Crippen LogP contribution in [0.5, 0.6) is 5.75 Å². The summed E-state index contributed by atoms with van der Waals surface area (Å²) >= 11 is 0. The smallest absolute Gasteiger partial charge is 0.338 e. The Hall–Kier alpha value is -1.62. The summed E-state index contributed by atoms with van der Waals surface area (Å²) in [5, 5.41) is 10.7. The van der Waals surface area contributed by atoms with Gasteiger partial charge in [-0.3, -0.25) is 0 Å². The Labute approximate surface area is 124 Å². The molecule has 2 atom stereocenters. The molecular formula is C16H23FO4. The molecule has 1 rings (SSSR count). The molecule has 0 aliphatic carbocycles. The molecule has 0 saturated carbocycles. The number of benzene rings is 1. The van der Waals surface area contributed by atoms with Crippen molar-refractivity contribution in [2.24, 2.45) is 0 Å². The van der Waals surface area contributed by atoms with E-state index in [4.69, 9.17) is 9.47 Å². The number of ether oxygens (including phenoxy) is 2. The standard InChI is InChI=1S/C16H23FO4/c1-5-9-16(19,15(18)21-6-2)11(3)12-7-8-14(20-4)13(17)10-12/h7-8,10-11,19H,5-6,9H2,1-4H3. The van der Waals surface area contributed by atoms with Crippen LogP contribution in [-0.2, 0) is 9.53 Å². The summed E-state index contributed by atoms with van der Waals surface area (Å²) in [6.45, 7) is 5.43. The highest BCUT2D eigenvalue weighted by Crippen LogP contribution is 2.34. The van der Waals surface area contributed by atoms with Crippen molar-refractivity contribution in [3.8, 4) is 5.75 Å². The Morgan fingerprint density at radius 1 is 1.43 bits per heavy atom. The largest absolute Gasteiger partial charge is 0.494 e. The number of aliphatic hydroxyl groups is 1. The second-order valence-corrected chi connectivity index (χ2v) is 5.01. The lowest BCUT2D eigenvalue weighted by Crippen LogP contribution is -2.44. The summed E-state index contributed by atoms with van der Waals surface area (Å²) < 4.78 is 23.7. The van der Waals surface area contributed by atoms with Crippen molar-refractivity contribution in [1.29, 1.82) is 0 Å². The molecule has 2 unspecified atom stereocenters. The molecule has 0 heterocycles. The Morgan fingerprint density at radius 3 is 2.57 bits per heavy atom. The maximum atomic E-state index is 13.8. The van der Waals surface area contributed by atoms with Crippen LogP contribution in [0.4, 0.5) is 4.39 Å². The Morgan fingerprint density at radius 2 is 2.10 bits per heavy atom. The highest BCUT2D eigenvalue weighted by Gasteiger charge is 2.43. The van der Waals surface area contributed by atoms with Crippen molar-refractivity contribution in [3.05, 3.63) is 29.6 Å². The summed E-state index contributed by atoms with van der Waals surface area (Å²) in [5.74, 6) is -1.65. The van der Waals surface area contributed by atoms with E-state index in [1.165, 1.54) is 19.2 Å². The first-order valence-corrected chi connectivity index (χ1v) is 7.13. The van der Waals surface area contributed by atoms with E-state index in [9.17, 15) is 14.3 Å². The molecule has 5 heteroatoms. The minimum Gasteiger partial charge on any atom is -0.494 e. The quantitative estimate of drug-likeness (QED) is 0.786. The monoisotopic (exact) mass is 298 g/mol. The highest BCUT2D eigenvalue weighted by atomic mass is 19.1. The van der Waals surface area contributed by atoms with Crippen molar-refractivity contribution in [2.75, 3.05) is 13.7 Å². The fraction of sp³-hybridized carbons (Fsp3) is 0.562. The minimum atomic E-state index is -1.66. The predicted octanol–water partition coefficient (Wildman–Crippen LogP) is 3.03. The molecule has 0 bridgehead atoms. The van der Waals surface area contributed by atoms with Crippen LogP contribution in [-0.4, -0.2) is 30.4 Å². The Kier molecular flexibility index (Phi) is 6.15. The summed E-state index contributed by atoms with van der Waals surface area (Å²) in [6.07, 6.45) is 0.860. The van der Waals surface area contributed by atoms with E-state index < -0.39 is 23.3 Å². The van der Waals surface area contributed by atoms with E-state index >= 15 is 0 Å². The summed E-state index contributed by atoms with van der Waals surface area (Å²) in [4.78, 5) is 12.1. The lowest BCUT2D eigenvalue weighted by atomic mass is 9.80. The van der Waals surface area contributed by atoms with Gasteiger partial charge in [-0.15, -0.1) is 0 Å². The number of hydrogen-bond acceptors (Lipinski definition) is 4. The molecule has 1 aromatic carbocycles. The molecule has 0 fully saturated rings. The van der Waals surface area contributed by atoms with Gasteiger partial charge in [0.05, 0.1) is 13.7 Å². The zero-order valence-electron chi connectivity index (χ0n) is 13.0. The summed E-state index contributed by atoms with van der Waals surface area (Å²) in [5.41, 5.74) is -1.14. The van der Waals surface area contributed by atoms with Crippen LogP contribution in [0.15, 0.2) is 18.2 Å². The molecule has 0 aromatic heterocycles. The van der Waals surface area contributed by atoms with Crippen LogP contribution in [0.3, 0.4) is 0 Å². The first kappa shape index (κ1) is 17.4. The Bertz CT molecular complexity index is 489. The lowest BCUT2D eigenvalue weighted by molar-refractivity contribution is -0.168. The van der Waals surface area contributed by atoms with Gasteiger partial charge in [0, 0.05) is 5.92 Å². The molecule has 1 N–H and O–H groups in total. The topological polar surface area (TPSA) is 55.8 Å². The minimum absolute atomic E-state index is 0.126. The number of hydrogen-bond donors (Lipinski definition) is 1. The van der Waals surface area contributed by atoms with E-state index in [0.29, 0.717) is 12.0 Å². The molecule has 0 aliphatic heterocycles. The first-order chi connectivity index (χ1) is 9.90. The number of carbonyl (C=O) groups excluding carboxylic acids is 1. The van der Waals surface area contributed by atoms with Gasteiger partial charge in [-0.05, 0) is 31.0 Å². The van der Waals surface area contributed by atoms with Crippen molar-refractivity contribution in [1.82, 2.24) is 0 Å². The lowest BCUT2D eigenvalue weighted by Gasteiger charge is -2.32. The van der Waals surface area contributed by atoms with Gasteiger partial charge in [-0.25, -0.2) is 9.18 Å². The molecule has 0 spiro atoms. The fourth-order valence-corrected chi connectivity index (χ4v) is 2.36. The SMILES string of the molecule is CCCC(O)(C(=O)OCC)C(C)c1ccc(OC)c(F)c1. The van der Waals surface area contributed by atoms with Crippen LogP contribution >= 0.6 is 0 Å². The molecule has 0 radical (unpaired) electrons. The third-order valence-electron chi connectivity index (χ3n) is 3.65. The van der Waals surface area contributed by atoms with Gasteiger partial charge in [0.25, 0.3) is 0 Å². The average molecular weight is 298 g/mol. The molecular weight excluding hydrogens is 275 g/mol. The second kappa shape index (κ2) is 7.41. The van der Waals surface area contributed by atoms with Crippen LogP contribution in [0.25, 0.3) is 0 Å². The van der Waals surface area contributed by atoms with Gasteiger partial charge in [-0.1, -0.05) is 26.3 Å². The average Bonchev–Trinajstić information content (AvgIpc) is 2.46. The fourth-order valence-electron chi connectivity index (χ4n) is 2.36. The van der Waals surface area contributed by atoms with Crippen LogP contribution < -0.4 is 4.74 Å². The van der Waals surface area contributed by atoms with Crippen LogP contribution in [0, 0.1) is 5.82 Å². The predicted molar refractivity (Wildman–Crippen MR) is 77.9 cm³/mol. The molecule has 0 amide bonds. The van der Waals surface area contributed by atoms with Crippen LogP contribution in [0.2, 0.25) is 0 Å². The van der Waals surface area contributed by atoms with E-state index in [2.05, 4.69) is 0 Å². The van der Waals surface area contributed by atoms with Crippen molar-refractivity contribution >= 4 is 5.97 Å². The third-order valence-corrected chi connectivity index (χ3v) is 3.65. The zero-order valence-corrected chi connectivity index (χ0v) is 13.0. The van der Waals surface area contributed by atoms with E-state index in [1.807, 2.05) is 6.92 Å². The Balaban J connectivity index is 3.13. The number of halogens is 1. The molecule has 0 saturated heterocycles. The van der Waals surface area contributed by atoms with E-state index in [0.717, 1.165) is 0 Å². The van der Waals surface area contributed by atoms with Gasteiger partial charge in [0.15, 0.2) is 17.2 Å². The normalized spacial score (nSPS) is 15.1. The maximum Gasteiger partial charge on any atom is 0.338 e. The van der Waals surface area contributed by atoms with Gasteiger partial charge in [0.1, 0.15) is 0 Å². The number of rotatable bonds is 7. The molecule has 118 valence electrons. The van der Waals surface area contributed by atoms with Crippen LogP contribution in [0.1, 0.15) is 45.1 Å². The van der Waals surface area contributed by atoms with E-state index in [1.54, 1.807) is 19.9 Å². The van der Waals surface area contributed by atoms with Crippen molar-refractivity contribution < 1.29 is 23.8 Å². The van der Waals surface area contributed by atoms with E-state index in [-0.39, 0.29) is 18.8 Å². The molecule has 1 aromatic rings.